The lowest BCUT2D eigenvalue weighted by molar-refractivity contribution is -0.499. The Kier molecular flexibility index (Phi) is 4.14. The minimum Gasteiger partial charge on any atom is -0.476 e. The molecule has 13 heavy (non-hydrogen) atoms. The first-order chi connectivity index (χ1) is 6.00. The number of rotatable bonds is 5. The Balaban J connectivity index is 4.38. The number of hydrogen-bond donors (Lipinski definition) is 1. The van der Waals surface area contributed by atoms with Gasteiger partial charge in [-0.2, -0.15) is 0 Å². The van der Waals surface area contributed by atoms with Crippen LogP contribution >= 0.6 is 0 Å². The van der Waals surface area contributed by atoms with Gasteiger partial charge in [-0.1, -0.05) is 12.7 Å². The fourth-order valence-electron chi connectivity index (χ4n) is 0.497. The van der Waals surface area contributed by atoms with Crippen molar-refractivity contribution in [3.8, 4) is 0 Å². The molecule has 0 aliphatic rings. The molecule has 0 saturated carbocycles. The second kappa shape index (κ2) is 4.86. The highest BCUT2D eigenvalue weighted by Gasteiger charge is 2.39. The van der Waals surface area contributed by atoms with Crippen LogP contribution in [0.5, 0.6) is 0 Å². The SMILES string of the molecule is C=CCOC(=O)C(C(=O)O)[N+](=O)[O-]. The van der Waals surface area contributed by atoms with Crippen LogP contribution in [0.15, 0.2) is 12.7 Å². The lowest BCUT2D eigenvalue weighted by atomic mass is 10.3. The van der Waals surface area contributed by atoms with E-state index in [1.165, 1.54) is 6.08 Å². The van der Waals surface area contributed by atoms with Crippen molar-refractivity contribution in [1.82, 2.24) is 0 Å². The van der Waals surface area contributed by atoms with Crippen molar-refractivity contribution in [1.29, 1.82) is 0 Å². The van der Waals surface area contributed by atoms with Crippen LogP contribution in [0.25, 0.3) is 0 Å². The number of carbonyl (C=O) groups is 2. The largest absolute Gasteiger partial charge is 0.476 e. The van der Waals surface area contributed by atoms with Crippen LogP contribution in [0.3, 0.4) is 0 Å². The molecule has 0 aliphatic carbocycles. The standard InChI is InChI=1S/C6H7NO6/c1-2-3-13-6(10)4(5(8)9)7(11)12/h2,4H,1,3H2,(H,8,9). The Hall–Kier alpha value is -1.92. The summed E-state index contributed by atoms with van der Waals surface area (Å²) in [7, 11) is 0. The number of ether oxygens (including phenoxy) is 1. The quantitative estimate of drug-likeness (QED) is 0.204. The van der Waals surface area contributed by atoms with Crippen molar-refractivity contribution in [2.24, 2.45) is 0 Å². The average molecular weight is 189 g/mol. The molecule has 1 unspecified atom stereocenters. The lowest BCUT2D eigenvalue weighted by Crippen LogP contribution is -2.38. The molecule has 1 N–H and O–H groups in total. The molecule has 0 heterocycles. The number of nitro groups is 1. The van der Waals surface area contributed by atoms with Gasteiger partial charge in [-0.15, -0.1) is 0 Å². The lowest BCUT2D eigenvalue weighted by Gasteiger charge is -2.03. The molecule has 0 radical (unpaired) electrons. The normalized spacial score (nSPS) is 11.4. The zero-order valence-corrected chi connectivity index (χ0v) is 6.50. The molecule has 0 aromatic rings. The van der Waals surface area contributed by atoms with Crippen molar-refractivity contribution >= 4 is 11.9 Å². The maximum Gasteiger partial charge on any atom is 0.401 e. The zero-order chi connectivity index (χ0) is 10.4. The fourth-order valence-corrected chi connectivity index (χ4v) is 0.497. The molecule has 7 heteroatoms. The summed E-state index contributed by atoms with van der Waals surface area (Å²) >= 11 is 0. The van der Waals surface area contributed by atoms with E-state index in [2.05, 4.69) is 11.3 Å². The molecule has 72 valence electrons. The van der Waals surface area contributed by atoms with Crippen LogP contribution in [-0.4, -0.2) is 34.6 Å². The fraction of sp³-hybridized carbons (Fsp3) is 0.333. The van der Waals surface area contributed by atoms with E-state index in [0.717, 1.165) is 0 Å². The molecule has 0 amide bonds. The first-order valence-corrected chi connectivity index (χ1v) is 3.14. The van der Waals surface area contributed by atoms with Crippen LogP contribution in [0.4, 0.5) is 0 Å². The molecule has 0 aromatic carbocycles. The van der Waals surface area contributed by atoms with Crippen LogP contribution < -0.4 is 0 Å². The highest BCUT2D eigenvalue weighted by Crippen LogP contribution is 1.94. The minimum absolute atomic E-state index is 0.254. The molecular formula is C6H7NO6. The van der Waals surface area contributed by atoms with Gasteiger partial charge in [0, 0.05) is 4.92 Å². The highest BCUT2D eigenvalue weighted by atomic mass is 16.6. The summed E-state index contributed by atoms with van der Waals surface area (Å²) in [6.07, 6.45) is 1.18. The predicted octanol–water partition coefficient (Wildman–Crippen LogP) is -0.554. The molecule has 0 bridgehead atoms. The van der Waals surface area contributed by atoms with Gasteiger partial charge in [-0.25, -0.2) is 9.59 Å². The summed E-state index contributed by atoms with van der Waals surface area (Å²) in [5, 5.41) is 18.3. The third-order valence-electron chi connectivity index (χ3n) is 1.01. The van der Waals surface area contributed by atoms with Gasteiger partial charge < -0.3 is 9.84 Å². The smallest absolute Gasteiger partial charge is 0.401 e. The van der Waals surface area contributed by atoms with Gasteiger partial charge in [0.1, 0.15) is 6.61 Å². The average Bonchev–Trinajstić information content (AvgIpc) is 1.99. The first-order valence-electron chi connectivity index (χ1n) is 3.14. The van der Waals surface area contributed by atoms with Gasteiger partial charge >= 0.3 is 18.0 Å². The second-order valence-electron chi connectivity index (χ2n) is 1.94. The highest BCUT2D eigenvalue weighted by molar-refractivity contribution is 5.96. The van der Waals surface area contributed by atoms with Gasteiger partial charge in [0.2, 0.25) is 0 Å². The monoisotopic (exact) mass is 189 g/mol. The van der Waals surface area contributed by atoms with E-state index in [0.29, 0.717) is 0 Å². The van der Waals surface area contributed by atoms with E-state index < -0.39 is 22.9 Å². The zero-order valence-electron chi connectivity index (χ0n) is 6.50. The molecule has 0 saturated heterocycles. The van der Waals surface area contributed by atoms with E-state index in [1.54, 1.807) is 0 Å². The number of esters is 1. The van der Waals surface area contributed by atoms with Gasteiger partial charge in [0.25, 0.3) is 0 Å². The molecular weight excluding hydrogens is 182 g/mol. The van der Waals surface area contributed by atoms with Crippen LogP contribution in [0, 0.1) is 10.1 Å². The van der Waals surface area contributed by atoms with Crippen LogP contribution in [0.1, 0.15) is 0 Å². The summed E-state index contributed by atoms with van der Waals surface area (Å²) in [6, 6.07) is -2.36. The molecule has 0 fully saturated rings. The second-order valence-corrected chi connectivity index (χ2v) is 1.94. The maximum absolute atomic E-state index is 10.7. The molecule has 0 spiro atoms. The molecule has 7 nitrogen and oxygen atoms in total. The van der Waals surface area contributed by atoms with Crippen molar-refractivity contribution in [3.63, 3.8) is 0 Å². The van der Waals surface area contributed by atoms with E-state index in [-0.39, 0.29) is 6.61 Å². The summed E-state index contributed by atoms with van der Waals surface area (Å²) in [5.41, 5.74) is 0. The number of nitrogens with zero attached hydrogens (tertiary/aromatic N) is 1. The van der Waals surface area contributed by atoms with Crippen LogP contribution in [-0.2, 0) is 14.3 Å². The Bertz CT molecular complexity index is 234. The van der Waals surface area contributed by atoms with E-state index >= 15 is 0 Å². The van der Waals surface area contributed by atoms with Gasteiger partial charge in [0.15, 0.2) is 0 Å². The van der Waals surface area contributed by atoms with E-state index in [1.807, 2.05) is 0 Å². The van der Waals surface area contributed by atoms with Crippen molar-refractivity contribution < 1.29 is 24.4 Å². The number of carbonyl (C=O) groups excluding carboxylic acids is 1. The Morgan fingerprint density at radius 1 is 1.69 bits per heavy atom. The van der Waals surface area contributed by atoms with Crippen molar-refractivity contribution in [2.45, 2.75) is 6.04 Å². The van der Waals surface area contributed by atoms with Crippen LogP contribution in [0.2, 0.25) is 0 Å². The molecule has 0 aliphatic heterocycles. The predicted molar refractivity (Wildman–Crippen MR) is 39.6 cm³/mol. The van der Waals surface area contributed by atoms with Gasteiger partial charge in [-0.05, 0) is 0 Å². The van der Waals surface area contributed by atoms with Gasteiger partial charge in [0.05, 0.1) is 0 Å². The maximum atomic E-state index is 10.7. The topological polar surface area (TPSA) is 107 Å². The Morgan fingerprint density at radius 2 is 2.23 bits per heavy atom. The summed E-state index contributed by atoms with van der Waals surface area (Å²) in [6.45, 7) is 2.93. The summed E-state index contributed by atoms with van der Waals surface area (Å²) in [5.74, 6) is -3.25. The molecule has 1 atom stereocenters. The van der Waals surface area contributed by atoms with Gasteiger partial charge in [-0.3, -0.25) is 10.1 Å². The Morgan fingerprint density at radius 3 is 2.54 bits per heavy atom. The summed E-state index contributed by atoms with van der Waals surface area (Å²) in [4.78, 5) is 29.7. The molecule has 0 aromatic heterocycles. The number of hydrogen-bond acceptors (Lipinski definition) is 5. The number of carboxylic acids is 1. The minimum atomic E-state index is -2.36. The third kappa shape index (κ3) is 3.32. The van der Waals surface area contributed by atoms with Crippen molar-refractivity contribution in [2.75, 3.05) is 6.61 Å². The first kappa shape index (κ1) is 11.1. The Labute approximate surface area is 72.8 Å². The number of aliphatic carboxylic acids is 1. The third-order valence-corrected chi connectivity index (χ3v) is 1.01. The van der Waals surface area contributed by atoms with Crippen molar-refractivity contribution in [3.05, 3.63) is 22.8 Å². The van der Waals surface area contributed by atoms with E-state index in [9.17, 15) is 19.7 Å². The summed E-state index contributed by atoms with van der Waals surface area (Å²) < 4.78 is 4.20. The van der Waals surface area contributed by atoms with E-state index in [4.69, 9.17) is 5.11 Å². The number of carboxylic acid groups (broad SMARTS) is 1. The molecule has 0 rings (SSSR count).